The fourth-order valence-corrected chi connectivity index (χ4v) is 2.70. The van der Waals surface area contributed by atoms with Crippen LogP contribution in [0, 0.1) is 0 Å². The van der Waals surface area contributed by atoms with Crippen molar-refractivity contribution in [3.05, 3.63) is 63.7 Å². The van der Waals surface area contributed by atoms with E-state index < -0.39 is 0 Å². The van der Waals surface area contributed by atoms with Crippen LogP contribution in [-0.4, -0.2) is 17.5 Å². The molecule has 0 spiro atoms. The summed E-state index contributed by atoms with van der Waals surface area (Å²) in [6.45, 7) is 1.33. The third-order valence-corrected chi connectivity index (χ3v) is 3.52. The monoisotopic (exact) mass is 299 g/mol. The van der Waals surface area contributed by atoms with Gasteiger partial charge < -0.3 is 5.32 Å². The maximum Gasteiger partial charge on any atom is 0.221 e. The minimum Gasteiger partial charge on any atom is -0.326 e. The van der Waals surface area contributed by atoms with Gasteiger partial charge in [-0.2, -0.15) is 0 Å². The summed E-state index contributed by atoms with van der Waals surface area (Å²) >= 11 is 5.99. The Morgan fingerprint density at radius 2 is 1.62 bits per heavy atom. The summed E-state index contributed by atoms with van der Waals surface area (Å²) < 4.78 is 0. The molecule has 0 saturated heterocycles. The van der Waals surface area contributed by atoms with E-state index >= 15 is 0 Å². The van der Waals surface area contributed by atoms with E-state index in [9.17, 15) is 14.4 Å². The average Bonchev–Trinajstić information content (AvgIpc) is 2.43. The number of benzene rings is 2. The Hall–Kier alpha value is -2.46. The van der Waals surface area contributed by atoms with Gasteiger partial charge in [-0.25, -0.2) is 0 Å². The Labute approximate surface area is 125 Å². The van der Waals surface area contributed by atoms with Crippen molar-refractivity contribution >= 4 is 34.8 Å². The number of hydrogen-bond acceptors (Lipinski definition) is 3. The van der Waals surface area contributed by atoms with Crippen LogP contribution in [0.15, 0.2) is 36.4 Å². The van der Waals surface area contributed by atoms with Gasteiger partial charge in [-0.3, -0.25) is 14.4 Å². The highest BCUT2D eigenvalue weighted by atomic mass is 35.5. The predicted molar refractivity (Wildman–Crippen MR) is 79.1 cm³/mol. The van der Waals surface area contributed by atoms with Crippen LogP contribution in [0.25, 0.3) is 0 Å². The lowest BCUT2D eigenvalue weighted by Crippen LogP contribution is -2.23. The van der Waals surface area contributed by atoms with Gasteiger partial charge in [-0.1, -0.05) is 35.9 Å². The summed E-state index contributed by atoms with van der Waals surface area (Å²) in [5, 5.41) is 2.85. The molecule has 1 amide bonds. The van der Waals surface area contributed by atoms with Gasteiger partial charge in [-0.15, -0.1) is 0 Å². The molecule has 3 rings (SSSR count). The van der Waals surface area contributed by atoms with Crippen molar-refractivity contribution in [3.63, 3.8) is 0 Å². The number of ketones is 2. The van der Waals surface area contributed by atoms with Crippen LogP contribution in [-0.2, 0) is 4.79 Å². The molecule has 0 radical (unpaired) electrons. The van der Waals surface area contributed by atoms with Crippen LogP contribution < -0.4 is 5.32 Å². The Kier molecular flexibility index (Phi) is 3.11. The first-order chi connectivity index (χ1) is 9.99. The second-order valence-corrected chi connectivity index (χ2v) is 5.20. The maximum absolute atomic E-state index is 12.6. The molecule has 0 bridgehead atoms. The van der Waals surface area contributed by atoms with E-state index in [1.807, 2.05) is 0 Å². The molecule has 0 heterocycles. The smallest absolute Gasteiger partial charge is 0.221 e. The molecule has 0 saturated carbocycles. The molecular formula is C16H10ClNO3. The molecule has 21 heavy (non-hydrogen) atoms. The summed E-state index contributed by atoms with van der Waals surface area (Å²) in [6.07, 6.45) is 0. The number of halogens is 1. The lowest BCUT2D eigenvalue weighted by atomic mass is 9.83. The molecule has 0 aliphatic heterocycles. The van der Waals surface area contributed by atoms with E-state index in [1.165, 1.54) is 19.1 Å². The van der Waals surface area contributed by atoms with E-state index in [0.29, 0.717) is 11.1 Å². The van der Waals surface area contributed by atoms with E-state index in [4.69, 9.17) is 11.6 Å². The van der Waals surface area contributed by atoms with Crippen molar-refractivity contribution in [2.75, 3.05) is 5.32 Å². The van der Waals surface area contributed by atoms with Crippen molar-refractivity contribution in [1.82, 2.24) is 0 Å². The molecule has 2 aromatic carbocycles. The van der Waals surface area contributed by atoms with Crippen molar-refractivity contribution in [3.8, 4) is 0 Å². The number of nitrogens with one attached hydrogen (secondary N) is 1. The molecule has 1 aliphatic carbocycles. The second-order valence-electron chi connectivity index (χ2n) is 4.76. The van der Waals surface area contributed by atoms with Gasteiger partial charge in [0.15, 0.2) is 11.6 Å². The second kappa shape index (κ2) is 4.82. The average molecular weight is 300 g/mol. The molecule has 4 nitrogen and oxygen atoms in total. The zero-order valence-corrected chi connectivity index (χ0v) is 11.8. The largest absolute Gasteiger partial charge is 0.326 e. The van der Waals surface area contributed by atoms with Crippen LogP contribution in [0.3, 0.4) is 0 Å². The summed E-state index contributed by atoms with van der Waals surface area (Å²) in [7, 11) is 0. The quantitative estimate of drug-likeness (QED) is 0.751. The van der Waals surface area contributed by atoms with Crippen LogP contribution in [0.1, 0.15) is 38.8 Å². The lowest BCUT2D eigenvalue weighted by Gasteiger charge is -2.20. The summed E-state index contributed by atoms with van der Waals surface area (Å²) in [4.78, 5) is 36.4. The highest BCUT2D eigenvalue weighted by molar-refractivity contribution is 6.35. The van der Waals surface area contributed by atoms with E-state index in [-0.39, 0.29) is 39.3 Å². The molecule has 2 aromatic rings. The van der Waals surface area contributed by atoms with Gasteiger partial charge in [0.2, 0.25) is 5.91 Å². The van der Waals surface area contributed by atoms with Gasteiger partial charge >= 0.3 is 0 Å². The molecule has 0 unspecified atom stereocenters. The molecule has 0 fully saturated rings. The zero-order valence-electron chi connectivity index (χ0n) is 11.1. The summed E-state index contributed by atoms with van der Waals surface area (Å²) in [5.41, 5.74) is 1.36. The van der Waals surface area contributed by atoms with Crippen molar-refractivity contribution < 1.29 is 14.4 Å². The van der Waals surface area contributed by atoms with Gasteiger partial charge in [0, 0.05) is 28.6 Å². The first-order valence-corrected chi connectivity index (χ1v) is 6.66. The Bertz CT molecular complexity index is 811. The predicted octanol–water partition coefficient (Wildman–Crippen LogP) is 3.07. The minimum absolute atomic E-state index is 0.193. The maximum atomic E-state index is 12.6. The molecular weight excluding hydrogens is 290 g/mol. The van der Waals surface area contributed by atoms with Crippen molar-refractivity contribution in [1.29, 1.82) is 0 Å². The van der Waals surface area contributed by atoms with Crippen LogP contribution in [0.5, 0.6) is 0 Å². The first kappa shape index (κ1) is 13.5. The fraction of sp³-hybridized carbons (Fsp3) is 0.0625. The number of carbonyl (C=O) groups is 3. The molecule has 104 valence electrons. The Balaban J connectivity index is 2.29. The number of amides is 1. The first-order valence-electron chi connectivity index (χ1n) is 6.28. The topological polar surface area (TPSA) is 63.2 Å². The van der Waals surface area contributed by atoms with Crippen LogP contribution in [0.4, 0.5) is 5.69 Å². The summed E-state index contributed by atoms with van der Waals surface area (Å²) in [6, 6.07) is 9.54. The third-order valence-electron chi connectivity index (χ3n) is 3.30. The van der Waals surface area contributed by atoms with Crippen LogP contribution in [0.2, 0.25) is 5.02 Å². The molecule has 0 aromatic heterocycles. The van der Waals surface area contributed by atoms with E-state index in [0.717, 1.165) is 0 Å². The third kappa shape index (κ3) is 2.14. The highest BCUT2D eigenvalue weighted by Gasteiger charge is 2.32. The number of fused-ring (bicyclic) bond motifs is 2. The van der Waals surface area contributed by atoms with Crippen molar-refractivity contribution in [2.45, 2.75) is 6.92 Å². The zero-order chi connectivity index (χ0) is 15.1. The fourth-order valence-electron chi connectivity index (χ4n) is 2.48. The number of rotatable bonds is 1. The normalized spacial score (nSPS) is 12.7. The van der Waals surface area contributed by atoms with Gasteiger partial charge in [0.1, 0.15) is 0 Å². The van der Waals surface area contributed by atoms with E-state index in [1.54, 1.807) is 24.3 Å². The molecule has 1 N–H and O–H groups in total. The minimum atomic E-state index is -0.335. The van der Waals surface area contributed by atoms with Gasteiger partial charge in [0.05, 0.1) is 11.3 Å². The Morgan fingerprint density at radius 3 is 2.24 bits per heavy atom. The van der Waals surface area contributed by atoms with Gasteiger partial charge in [0.25, 0.3) is 0 Å². The SMILES string of the molecule is CC(=O)Nc1cc(Cl)cc2c1C(=O)c1ccccc1C2=O. The molecule has 1 aliphatic rings. The van der Waals surface area contributed by atoms with E-state index in [2.05, 4.69) is 5.32 Å². The number of hydrogen-bond donors (Lipinski definition) is 1. The standard InChI is InChI=1S/C16H10ClNO3/c1-8(19)18-13-7-9(17)6-12-14(13)16(21)11-5-3-2-4-10(11)15(12)20/h2-7H,1H3,(H,18,19). The lowest BCUT2D eigenvalue weighted by molar-refractivity contribution is -0.114. The number of anilines is 1. The van der Waals surface area contributed by atoms with Crippen LogP contribution >= 0.6 is 11.6 Å². The number of carbonyl (C=O) groups excluding carboxylic acids is 3. The molecule has 0 atom stereocenters. The molecule has 5 heteroatoms. The van der Waals surface area contributed by atoms with Crippen molar-refractivity contribution in [2.24, 2.45) is 0 Å². The Morgan fingerprint density at radius 1 is 1.00 bits per heavy atom. The summed E-state index contributed by atoms with van der Waals surface area (Å²) in [5.74, 6) is -0.895. The van der Waals surface area contributed by atoms with Gasteiger partial charge in [-0.05, 0) is 12.1 Å². The highest BCUT2D eigenvalue weighted by Crippen LogP contribution is 2.34.